The molecule has 44 valence electrons. The molecule has 0 saturated heterocycles. The summed E-state index contributed by atoms with van der Waals surface area (Å²) in [5.74, 6) is 0. The van der Waals surface area contributed by atoms with Crippen LogP contribution in [0.4, 0.5) is 0 Å². The van der Waals surface area contributed by atoms with Crippen LogP contribution in [0.25, 0.3) is 0 Å². The number of thiol groups is 1. The fourth-order valence-electron chi connectivity index (χ4n) is 0.387. The van der Waals surface area contributed by atoms with E-state index in [1.807, 2.05) is 0 Å². The van der Waals surface area contributed by atoms with Gasteiger partial charge in [-0.2, -0.15) is 0 Å². The predicted molar refractivity (Wildman–Crippen MR) is 38.5 cm³/mol. The minimum absolute atomic E-state index is 0.331. The van der Waals surface area contributed by atoms with Crippen molar-refractivity contribution in [3.63, 3.8) is 0 Å². The Kier molecular flexibility index (Phi) is 5.03. The van der Waals surface area contributed by atoms with E-state index in [-0.39, 0.29) is 0 Å². The summed E-state index contributed by atoms with van der Waals surface area (Å²) in [6.45, 7) is 2.50. The number of aliphatic hydroxyl groups is 1. The summed E-state index contributed by atoms with van der Waals surface area (Å²) in [4.78, 5) is 0. The summed E-state index contributed by atoms with van der Waals surface area (Å²) < 4.78 is 0. The Morgan fingerprint density at radius 3 is 2.43 bits per heavy atom. The summed E-state index contributed by atoms with van der Waals surface area (Å²) in [7, 11) is -0.654. The molecule has 0 saturated carbocycles. The van der Waals surface area contributed by atoms with Gasteiger partial charge in [0.1, 0.15) is 0 Å². The molecular formula is C4H12OSSi. The van der Waals surface area contributed by atoms with E-state index in [1.165, 1.54) is 0 Å². The molecule has 0 spiro atoms. The van der Waals surface area contributed by atoms with E-state index in [9.17, 15) is 0 Å². The maximum absolute atomic E-state index is 8.30. The molecule has 0 aliphatic heterocycles. The van der Waals surface area contributed by atoms with Gasteiger partial charge < -0.3 is 5.11 Å². The van der Waals surface area contributed by atoms with Crippen LogP contribution < -0.4 is 0 Å². The molecule has 1 nitrogen and oxygen atoms in total. The standard InChI is InChI=1S/C4H12OSSi/c1-7(6)4-2-3-5/h5-7H,2-4H2,1H3. The predicted octanol–water partition coefficient (Wildman–Crippen LogP) is 0.652. The topological polar surface area (TPSA) is 20.2 Å². The molecule has 0 aliphatic carbocycles. The second kappa shape index (κ2) is 4.68. The minimum atomic E-state index is -0.654. The number of rotatable bonds is 3. The van der Waals surface area contributed by atoms with Crippen LogP contribution in [0.2, 0.25) is 12.6 Å². The molecule has 0 amide bonds. The van der Waals surface area contributed by atoms with Crippen molar-refractivity contribution in [3.8, 4) is 0 Å². The van der Waals surface area contributed by atoms with Gasteiger partial charge in [0.15, 0.2) is 0 Å². The fraction of sp³-hybridized carbons (Fsp3) is 1.00. The van der Waals surface area contributed by atoms with Gasteiger partial charge in [0.25, 0.3) is 0 Å². The first-order valence-electron chi connectivity index (χ1n) is 2.56. The highest BCUT2D eigenvalue weighted by Gasteiger charge is 1.92. The second-order valence-corrected chi connectivity index (χ2v) is 6.63. The normalized spacial score (nSPS) is 14.1. The molecule has 7 heavy (non-hydrogen) atoms. The van der Waals surface area contributed by atoms with Crippen molar-refractivity contribution >= 4 is 20.0 Å². The summed E-state index contributed by atoms with van der Waals surface area (Å²) in [6, 6.07) is 1.15. The molecular weight excluding hydrogens is 124 g/mol. The van der Waals surface area contributed by atoms with Crippen LogP contribution in [-0.2, 0) is 0 Å². The van der Waals surface area contributed by atoms with Crippen LogP contribution in [0.15, 0.2) is 0 Å². The quantitative estimate of drug-likeness (QED) is 0.431. The lowest BCUT2D eigenvalue weighted by Crippen LogP contribution is -1.96. The molecule has 0 radical (unpaired) electrons. The first kappa shape index (κ1) is 7.53. The monoisotopic (exact) mass is 136 g/mol. The highest BCUT2D eigenvalue weighted by atomic mass is 32.3. The van der Waals surface area contributed by atoms with Gasteiger partial charge in [-0.1, -0.05) is 6.55 Å². The highest BCUT2D eigenvalue weighted by molar-refractivity contribution is 8.10. The van der Waals surface area contributed by atoms with Gasteiger partial charge in [-0.3, -0.25) is 0 Å². The average molecular weight is 136 g/mol. The average Bonchev–Trinajstić information content (AvgIpc) is 1.61. The van der Waals surface area contributed by atoms with Crippen LogP contribution in [-0.4, -0.2) is 19.7 Å². The van der Waals surface area contributed by atoms with Crippen LogP contribution in [0, 0.1) is 0 Å². The van der Waals surface area contributed by atoms with Crippen molar-refractivity contribution in [1.29, 1.82) is 0 Å². The summed E-state index contributed by atoms with van der Waals surface area (Å²) in [5, 5.41) is 8.30. The molecule has 1 N–H and O–H groups in total. The first-order chi connectivity index (χ1) is 3.27. The van der Waals surface area contributed by atoms with E-state index in [1.54, 1.807) is 0 Å². The SMILES string of the molecule is C[SiH](S)CCCO. The van der Waals surface area contributed by atoms with E-state index >= 15 is 0 Å². The Morgan fingerprint density at radius 1 is 1.71 bits per heavy atom. The Hall–Kier alpha value is 0.527. The molecule has 0 aromatic rings. The molecule has 0 bridgehead atoms. The maximum Gasteiger partial charge on any atom is 0.0942 e. The second-order valence-electron chi connectivity index (χ2n) is 1.71. The fourth-order valence-corrected chi connectivity index (χ4v) is 1.71. The van der Waals surface area contributed by atoms with Crippen molar-refractivity contribution in [2.24, 2.45) is 0 Å². The van der Waals surface area contributed by atoms with Crippen molar-refractivity contribution in [1.82, 2.24) is 0 Å². The molecule has 0 fully saturated rings. The third-order valence-corrected chi connectivity index (χ3v) is 2.80. The zero-order valence-electron chi connectivity index (χ0n) is 4.59. The smallest absolute Gasteiger partial charge is 0.0942 e. The Morgan fingerprint density at radius 2 is 2.29 bits per heavy atom. The minimum Gasteiger partial charge on any atom is -0.396 e. The van der Waals surface area contributed by atoms with Crippen molar-refractivity contribution in [3.05, 3.63) is 0 Å². The van der Waals surface area contributed by atoms with Gasteiger partial charge in [0, 0.05) is 6.61 Å². The number of hydrogen-bond donors (Lipinski definition) is 2. The van der Waals surface area contributed by atoms with Gasteiger partial charge in [0.2, 0.25) is 0 Å². The molecule has 0 aromatic heterocycles. The summed E-state index contributed by atoms with van der Waals surface area (Å²) in [6.07, 6.45) is 0.941. The summed E-state index contributed by atoms with van der Waals surface area (Å²) >= 11 is 4.26. The third kappa shape index (κ3) is 6.53. The van der Waals surface area contributed by atoms with E-state index in [2.05, 4.69) is 18.6 Å². The number of aliphatic hydroxyl groups excluding tert-OH is 1. The Bertz CT molecular complexity index is 40.7. The molecule has 0 aliphatic rings. The van der Waals surface area contributed by atoms with Crippen LogP contribution in [0.5, 0.6) is 0 Å². The van der Waals surface area contributed by atoms with E-state index in [0.717, 1.165) is 12.5 Å². The van der Waals surface area contributed by atoms with Gasteiger partial charge >= 0.3 is 0 Å². The molecule has 1 unspecified atom stereocenters. The van der Waals surface area contributed by atoms with Crippen LogP contribution in [0.1, 0.15) is 6.42 Å². The molecule has 0 aromatic carbocycles. The van der Waals surface area contributed by atoms with E-state index in [0.29, 0.717) is 6.61 Å². The Labute approximate surface area is 51.4 Å². The maximum atomic E-state index is 8.30. The van der Waals surface area contributed by atoms with E-state index < -0.39 is 7.95 Å². The van der Waals surface area contributed by atoms with Crippen LogP contribution >= 0.6 is 12.1 Å². The zero-order chi connectivity index (χ0) is 5.70. The number of hydrogen-bond acceptors (Lipinski definition) is 2. The molecule has 0 rings (SSSR count). The largest absolute Gasteiger partial charge is 0.396 e. The lowest BCUT2D eigenvalue weighted by atomic mass is 10.5. The molecule has 0 heterocycles. The highest BCUT2D eigenvalue weighted by Crippen LogP contribution is 1.98. The lowest BCUT2D eigenvalue weighted by Gasteiger charge is -1.95. The van der Waals surface area contributed by atoms with Crippen molar-refractivity contribution in [2.75, 3.05) is 6.61 Å². The zero-order valence-corrected chi connectivity index (χ0v) is 6.64. The van der Waals surface area contributed by atoms with E-state index in [4.69, 9.17) is 5.11 Å². The van der Waals surface area contributed by atoms with Crippen LogP contribution in [0.3, 0.4) is 0 Å². The lowest BCUT2D eigenvalue weighted by molar-refractivity contribution is 0.295. The van der Waals surface area contributed by atoms with Gasteiger partial charge in [0.05, 0.1) is 7.95 Å². The third-order valence-electron chi connectivity index (χ3n) is 0.780. The summed E-state index contributed by atoms with van der Waals surface area (Å²) in [5.41, 5.74) is 0. The van der Waals surface area contributed by atoms with Gasteiger partial charge in [-0.05, 0) is 12.5 Å². The van der Waals surface area contributed by atoms with Gasteiger partial charge in [-0.25, -0.2) is 12.1 Å². The van der Waals surface area contributed by atoms with Crippen molar-refractivity contribution < 1.29 is 5.11 Å². The molecule has 3 heteroatoms. The Balaban J connectivity index is 2.68. The van der Waals surface area contributed by atoms with Gasteiger partial charge in [-0.15, -0.1) is 0 Å². The molecule has 1 atom stereocenters. The van der Waals surface area contributed by atoms with Crippen molar-refractivity contribution in [2.45, 2.75) is 19.0 Å². The first-order valence-corrected chi connectivity index (χ1v) is 6.60.